The second-order valence-electron chi connectivity index (χ2n) is 10.4. The largest absolute Gasteiger partial charge is 0.482 e. The maximum atomic E-state index is 11.7. The molecule has 3 heterocycles. The lowest BCUT2D eigenvalue weighted by molar-refractivity contribution is -0.117. The highest BCUT2D eigenvalue weighted by molar-refractivity contribution is 5.88. The number of nitrogens with zero attached hydrogens (tertiary/aromatic N) is 6. The van der Waals surface area contributed by atoms with E-state index in [9.17, 15) is 4.79 Å². The first-order valence-electron chi connectivity index (χ1n) is 13.4. The Balaban J connectivity index is 1.30. The van der Waals surface area contributed by atoms with Crippen LogP contribution in [-0.2, 0) is 4.79 Å². The van der Waals surface area contributed by atoms with E-state index in [2.05, 4.69) is 50.8 Å². The van der Waals surface area contributed by atoms with E-state index in [4.69, 9.17) is 9.72 Å². The van der Waals surface area contributed by atoms with Gasteiger partial charge in [-0.1, -0.05) is 17.9 Å². The topological polar surface area (TPSA) is 99.8 Å². The summed E-state index contributed by atoms with van der Waals surface area (Å²) in [4.78, 5) is 20.9. The van der Waals surface area contributed by atoms with Crippen molar-refractivity contribution in [3.05, 3.63) is 66.9 Å². The van der Waals surface area contributed by atoms with E-state index in [0.29, 0.717) is 6.04 Å². The van der Waals surface area contributed by atoms with Crippen molar-refractivity contribution in [2.24, 2.45) is 0 Å². The second kappa shape index (κ2) is 10.0. The molecule has 1 amide bonds. The number of benzene rings is 1. The molecule has 9 nitrogen and oxygen atoms in total. The quantitative estimate of drug-likeness (QED) is 0.324. The summed E-state index contributed by atoms with van der Waals surface area (Å²) < 4.78 is 10.8. The van der Waals surface area contributed by atoms with Gasteiger partial charge in [0.25, 0.3) is 0 Å². The van der Waals surface area contributed by atoms with Crippen LogP contribution in [0.25, 0.3) is 22.3 Å². The Kier molecular flexibility index (Phi) is 6.43. The van der Waals surface area contributed by atoms with Gasteiger partial charge in [0.15, 0.2) is 0 Å². The molecule has 0 spiro atoms. The van der Waals surface area contributed by atoms with Crippen LogP contribution in [0.3, 0.4) is 0 Å². The van der Waals surface area contributed by atoms with Crippen molar-refractivity contribution in [2.45, 2.75) is 76.6 Å². The van der Waals surface area contributed by atoms with Gasteiger partial charge in [0.05, 0.1) is 29.3 Å². The summed E-state index contributed by atoms with van der Waals surface area (Å²) in [6.45, 7) is 7.64. The number of carbonyl (C=O) groups is 1. The number of nitrogens with one attached hydrogen (secondary N) is 1. The van der Waals surface area contributed by atoms with E-state index in [1.807, 2.05) is 36.1 Å². The molecule has 9 heteroatoms. The smallest absolute Gasteiger partial charge is 0.243 e. The van der Waals surface area contributed by atoms with Gasteiger partial charge in [-0.15, -0.1) is 5.10 Å². The number of amides is 1. The normalized spacial score (nSPS) is 20.3. The number of ether oxygens (including phenoxy) is 1. The predicted octanol–water partition coefficient (Wildman–Crippen LogP) is 5.26. The Morgan fingerprint density at radius 3 is 2.63 bits per heavy atom. The van der Waals surface area contributed by atoms with Crippen LogP contribution in [-0.4, -0.2) is 41.5 Å². The fraction of sp³-hybridized carbons (Fsp3) is 0.414. The van der Waals surface area contributed by atoms with Gasteiger partial charge in [-0.25, -0.2) is 9.67 Å². The van der Waals surface area contributed by atoms with Gasteiger partial charge in [0.1, 0.15) is 23.1 Å². The van der Waals surface area contributed by atoms with Crippen LogP contribution >= 0.6 is 0 Å². The maximum Gasteiger partial charge on any atom is 0.243 e. The summed E-state index contributed by atoms with van der Waals surface area (Å²) in [7, 11) is 0. The zero-order valence-electron chi connectivity index (χ0n) is 21.9. The molecule has 1 atom stereocenters. The first kappa shape index (κ1) is 24.3. The number of carbonyl (C=O) groups excluding carboxylic acids is 1. The Labute approximate surface area is 221 Å². The van der Waals surface area contributed by atoms with Crippen LogP contribution in [0.2, 0.25) is 0 Å². The minimum Gasteiger partial charge on any atom is -0.482 e. The summed E-state index contributed by atoms with van der Waals surface area (Å²) in [6, 6.07) is 11.0. The number of rotatable bonds is 8. The van der Waals surface area contributed by atoms with Crippen LogP contribution in [0, 0.1) is 6.92 Å². The van der Waals surface area contributed by atoms with Gasteiger partial charge in [0.2, 0.25) is 5.91 Å². The molecule has 3 aromatic heterocycles. The molecular formula is C29H33N7O2. The second-order valence-corrected chi connectivity index (χ2v) is 10.4. The molecule has 0 saturated heterocycles. The predicted molar refractivity (Wildman–Crippen MR) is 145 cm³/mol. The van der Waals surface area contributed by atoms with Crippen molar-refractivity contribution in [3.8, 4) is 17.0 Å². The average Bonchev–Trinajstić information content (AvgIpc) is 3.58. The van der Waals surface area contributed by atoms with Crippen molar-refractivity contribution >= 4 is 16.9 Å². The highest BCUT2D eigenvalue weighted by atomic mass is 16.5. The molecule has 2 aliphatic rings. The van der Waals surface area contributed by atoms with Crippen molar-refractivity contribution in [1.29, 1.82) is 0 Å². The third-order valence-electron chi connectivity index (χ3n) is 7.76. The van der Waals surface area contributed by atoms with E-state index in [-0.39, 0.29) is 24.1 Å². The lowest BCUT2D eigenvalue weighted by Crippen LogP contribution is -2.37. The standard InChI is InChI=1S/C29H33N7O2/c1-4-27(37)32-21-8-10-23(11-9-21)36-18(2)28(33-34-36)20-15-25-29(35(17-31-25)22-12-13-22)26(16-20)38-19(3)24-7-5-6-14-30-24/h4-7,14-17,19,21-23H,1,8-13H2,2-3H3,(H,32,37)/t19-,21?,23?/m1/s1. The monoisotopic (exact) mass is 511 g/mol. The van der Waals surface area contributed by atoms with Crippen molar-refractivity contribution < 1.29 is 9.53 Å². The molecule has 4 aromatic rings. The number of hydrogen-bond donors (Lipinski definition) is 1. The SMILES string of the molecule is C=CC(=O)NC1CCC(n2nnc(-c3cc(O[C@H](C)c4ccccn4)c4c(c3)ncn4C3CC3)c2C)CC1. The van der Waals surface area contributed by atoms with Gasteiger partial charge in [-0.05, 0) is 82.7 Å². The average molecular weight is 512 g/mol. The van der Waals surface area contributed by atoms with Crippen LogP contribution in [0.5, 0.6) is 5.75 Å². The van der Waals surface area contributed by atoms with Crippen LogP contribution in [0.15, 0.2) is 55.5 Å². The molecule has 1 N–H and O–H groups in total. The number of fused-ring (bicyclic) bond motifs is 1. The summed E-state index contributed by atoms with van der Waals surface area (Å²) in [5.74, 6) is 0.676. The van der Waals surface area contributed by atoms with Crippen molar-refractivity contribution in [3.63, 3.8) is 0 Å². The third kappa shape index (κ3) is 4.68. The van der Waals surface area contributed by atoms with Gasteiger partial charge in [-0.3, -0.25) is 9.78 Å². The highest BCUT2D eigenvalue weighted by Gasteiger charge is 2.29. The zero-order chi connectivity index (χ0) is 26.2. The lowest BCUT2D eigenvalue weighted by Gasteiger charge is -2.29. The third-order valence-corrected chi connectivity index (χ3v) is 7.76. The molecule has 0 radical (unpaired) electrons. The van der Waals surface area contributed by atoms with E-state index >= 15 is 0 Å². The van der Waals surface area contributed by atoms with Gasteiger partial charge in [-0.2, -0.15) is 0 Å². The molecule has 2 saturated carbocycles. The Morgan fingerprint density at radius 1 is 1.13 bits per heavy atom. The summed E-state index contributed by atoms with van der Waals surface area (Å²) >= 11 is 0. The van der Waals surface area contributed by atoms with Crippen molar-refractivity contribution in [2.75, 3.05) is 0 Å². The van der Waals surface area contributed by atoms with Crippen LogP contribution < -0.4 is 10.1 Å². The lowest BCUT2D eigenvalue weighted by atomic mass is 9.91. The minimum atomic E-state index is -0.217. The van der Waals surface area contributed by atoms with E-state index < -0.39 is 0 Å². The van der Waals surface area contributed by atoms with Crippen LogP contribution in [0.4, 0.5) is 0 Å². The molecule has 196 valence electrons. The number of aromatic nitrogens is 6. The first-order chi connectivity index (χ1) is 18.5. The Hall–Kier alpha value is -4.01. The highest BCUT2D eigenvalue weighted by Crippen LogP contribution is 2.42. The maximum absolute atomic E-state index is 11.7. The number of hydrogen-bond acceptors (Lipinski definition) is 6. The first-order valence-corrected chi connectivity index (χ1v) is 13.4. The summed E-state index contributed by atoms with van der Waals surface area (Å²) in [5, 5.41) is 12.2. The van der Waals surface area contributed by atoms with E-state index in [0.717, 1.165) is 78.0 Å². The molecule has 2 fully saturated rings. The molecule has 0 unspecified atom stereocenters. The van der Waals surface area contributed by atoms with Crippen LogP contribution in [0.1, 0.15) is 75.0 Å². The Morgan fingerprint density at radius 2 is 1.92 bits per heavy atom. The summed E-state index contributed by atoms with van der Waals surface area (Å²) in [5.41, 5.74) is 5.59. The molecule has 0 aliphatic heterocycles. The molecule has 38 heavy (non-hydrogen) atoms. The molecule has 1 aromatic carbocycles. The van der Waals surface area contributed by atoms with Crippen molar-refractivity contribution in [1.82, 2.24) is 34.8 Å². The van der Waals surface area contributed by atoms with Gasteiger partial charge in [0, 0.05) is 23.8 Å². The molecule has 0 bridgehead atoms. The van der Waals surface area contributed by atoms with E-state index in [1.54, 1.807) is 6.20 Å². The molecule has 6 rings (SSSR count). The fourth-order valence-electron chi connectivity index (χ4n) is 5.54. The minimum absolute atomic E-state index is 0.109. The summed E-state index contributed by atoms with van der Waals surface area (Å²) in [6.07, 6.45) is 10.9. The fourth-order valence-corrected chi connectivity index (χ4v) is 5.54. The van der Waals surface area contributed by atoms with Gasteiger partial charge < -0.3 is 14.6 Å². The van der Waals surface area contributed by atoms with E-state index in [1.165, 1.54) is 6.08 Å². The van der Waals surface area contributed by atoms with Gasteiger partial charge >= 0.3 is 0 Å². The Bertz CT molecular complexity index is 1460. The number of imidazole rings is 1. The number of pyridine rings is 1. The zero-order valence-corrected chi connectivity index (χ0v) is 21.9. The molecular weight excluding hydrogens is 478 g/mol. The molecule has 2 aliphatic carbocycles.